The maximum absolute atomic E-state index is 6.88. The molecule has 4 nitrogen and oxygen atoms in total. The Morgan fingerprint density at radius 3 is 1.67 bits per heavy atom. The van der Waals surface area contributed by atoms with Crippen LogP contribution in [0.5, 0.6) is 0 Å². The number of thiophene rings is 1. The van der Waals surface area contributed by atoms with Crippen LogP contribution in [0.25, 0.3) is 120 Å². The van der Waals surface area contributed by atoms with Crippen LogP contribution >= 0.6 is 11.3 Å². The summed E-state index contributed by atoms with van der Waals surface area (Å²) < 4.78 is 9.26. The van der Waals surface area contributed by atoms with E-state index in [9.17, 15) is 0 Å². The molecule has 0 aliphatic heterocycles. The van der Waals surface area contributed by atoms with Crippen molar-refractivity contribution in [1.29, 1.82) is 0 Å². The van der Waals surface area contributed by atoms with E-state index < -0.39 is 0 Å². The number of hydrogen-bond acceptors (Lipinski definition) is 5. The van der Waals surface area contributed by atoms with Crippen molar-refractivity contribution in [2.75, 3.05) is 0 Å². The first-order chi connectivity index (χ1) is 28.7. The van der Waals surface area contributed by atoms with E-state index in [4.69, 9.17) is 19.4 Å². The number of fused-ring (bicyclic) bond motifs is 8. The molecule has 12 rings (SSSR count). The largest absolute Gasteiger partial charge is 0.455 e. The Morgan fingerprint density at radius 1 is 0.328 bits per heavy atom. The van der Waals surface area contributed by atoms with Crippen LogP contribution in [0.3, 0.4) is 0 Å². The molecule has 0 spiro atoms. The molecule has 0 radical (unpaired) electrons. The molecule has 5 heteroatoms. The van der Waals surface area contributed by atoms with E-state index in [1.807, 2.05) is 17.4 Å². The first-order valence-corrected chi connectivity index (χ1v) is 20.2. The molecule has 3 heterocycles. The van der Waals surface area contributed by atoms with Gasteiger partial charge in [0.25, 0.3) is 0 Å². The van der Waals surface area contributed by atoms with Crippen molar-refractivity contribution < 1.29 is 4.42 Å². The zero-order valence-corrected chi connectivity index (χ0v) is 31.9. The molecule has 9 aromatic carbocycles. The van der Waals surface area contributed by atoms with Crippen molar-refractivity contribution in [2.45, 2.75) is 0 Å². The summed E-state index contributed by atoms with van der Waals surface area (Å²) in [5.41, 5.74) is 8.91. The Kier molecular flexibility index (Phi) is 7.37. The molecule has 58 heavy (non-hydrogen) atoms. The third kappa shape index (κ3) is 5.18. The fourth-order valence-electron chi connectivity index (χ4n) is 8.58. The van der Waals surface area contributed by atoms with E-state index in [2.05, 4.69) is 182 Å². The van der Waals surface area contributed by atoms with Gasteiger partial charge in [-0.3, -0.25) is 0 Å². The standard InChI is InChI=1S/C53H31N3OS/c1-3-15-33(16-4-1)39-22-11-23-40-41-24-12-26-43(48(41)57-47(39)40)52-54-51(37-29-28-32-14-7-8-19-35(32)30-37)55-53(56-52)44-27-13-25-42-45-31-36-20-9-10-21-38(36)46(50(45)58-49(42)44)34-17-5-2-6-18-34/h1-31H. The van der Waals surface area contributed by atoms with Gasteiger partial charge in [-0.1, -0.05) is 164 Å². The summed E-state index contributed by atoms with van der Waals surface area (Å²) in [7, 11) is 0. The minimum Gasteiger partial charge on any atom is -0.455 e. The fourth-order valence-corrected chi connectivity index (χ4v) is 9.95. The molecule has 0 saturated carbocycles. The van der Waals surface area contributed by atoms with Gasteiger partial charge in [0.05, 0.1) is 5.56 Å². The van der Waals surface area contributed by atoms with Crippen molar-refractivity contribution in [3.05, 3.63) is 188 Å². The summed E-state index contributed by atoms with van der Waals surface area (Å²) in [4.78, 5) is 15.9. The average Bonchev–Trinajstić information content (AvgIpc) is 3.87. The smallest absolute Gasteiger partial charge is 0.167 e. The van der Waals surface area contributed by atoms with Gasteiger partial charge in [-0.05, 0) is 56.9 Å². The maximum Gasteiger partial charge on any atom is 0.167 e. The Balaban J connectivity index is 1.13. The molecule has 0 atom stereocenters. The topological polar surface area (TPSA) is 51.8 Å². The lowest BCUT2D eigenvalue weighted by molar-refractivity contribution is 0.670. The molecule has 0 amide bonds. The van der Waals surface area contributed by atoms with Crippen LogP contribution in [0.15, 0.2) is 192 Å². The number of nitrogens with zero attached hydrogens (tertiary/aromatic N) is 3. The van der Waals surface area contributed by atoms with Crippen molar-refractivity contribution in [2.24, 2.45) is 0 Å². The first kappa shape index (κ1) is 32.7. The summed E-state index contributed by atoms with van der Waals surface area (Å²) in [6.07, 6.45) is 0. The van der Waals surface area contributed by atoms with Gasteiger partial charge in [0, 0.05) is 53.2 Å². The number of furan rings is 1. The SMILES string of the molecule is c1ccc(-c2cccc3c2oc2c(-c4nc(-c5ccc6ccccc6c5)nc(-c5cccc6c5sc5c(-c7ccccc7)c7ccccc7cc56)n4)cccc23)cc1. The third-order valence-electron chi connectivity index (χ3n) is 11.3. The lowest BCUT2D eigenvalue weighted by Crippen LogP contribution is -2.00. The summed E-state index contributed by atoms with van der Waals surface area (Å²) in [6.45, 7) is 0. The molecular weight excluding hydrogens is 727 g/mol. The maximum atomic E-state index is 6.88. The van der Waals surface area contributed by atoms with Gasteiger partial charge in [0.2, 0.25) is 0 Å². The quantitative estimate of drug-likeness (QED) is 0.175. The number of benzene rings is 9. The highest BCUT2D eigenvalue weighted by Crippen LogP contribution is 2.47. The van der Waals surface area contributed by atoms with Crippen molar-refractivity contribution >= 4 is 75.0 Å². The molecule has 270 valence electrons. The number of aromatic nitrogens is 3. The highest BCUT2D eigenvalue weighted by atomic mass is 32.1. The third-order valence-corrected chi connectivity index (χ3v) is 12.6. The van der Waals surface area contributed by atoms with Gasteiger partial charge in [0.15, 0.2) is 17.5 Å². The molecular formula is C53H31N3OS. The summed E-state index contributed by atoms with van der Waals surface area (Å²) in [5, 5.41) is 9.24. The van der Waals surface area contributed by atoms with Gasteiger partial charge in [-0.25, -0.2) is 15.0 Å². The van der Waals surface area contributed by atoms with Crippen molar-refractivity contribution in [3.63, 3.8) is 0 Å². The van der Waals surface area contributed by atoms with Crippen LogP contribution in [-0.2, 0) is 0 Å². The molecule has 3 aromatic heterocycles. The predicted octanol–water partition coefficient (Wildman–Crippen LogP) is 14.8. The van der Waals surface area contributed by atoms with Crippen LogP contribution in [-0.4, -0.2) is 15.0 Å². The van der Waals surface area contributed by atoms with Crippen molar-refractivity contribution in [3.8, 4) is 56.4 Å². The second-order valence-corrected chi connectivity index (χ2v) is 15.7. The summed E-state index contributed by atoms with van der Waals surface area (Å²) in [6, 6.07) is 66.1. The van der Waals surface area contributed by atoms with E-state index in [1.54, 1.807) is 0 Å². The summed E-state index contributed by atoms with van der Waals surface area (Å²) >= 11 is 1.81. The average molecular weight is 758 g/mol. The van der Waals surface area contributed by atoms with Crippen LogP contribution < -0.4 is 0 Å². The minimum absolute atomic E-state index is 0.563. The number of rotatable bonds is 5. The number of hydrogen-bond donors (Lipinski definition) is 0. The molecule has 0 unspecified atom stereocenters. The second-order valence-electron chi connectivity index (χ2n) is 14.7. The Morgan fingerprint density at radius 2 is 0.897 bits per heavy atom. The molecule has 0 aliphatic carbocycles. The van der Waals surface area contributed by atoms with Gasteiger partial charge < -0.3 is 4.42 Å². The molecule has 0 aliphatic rings. The molecule has 0 fully saturated rings. The van der Waals surface area contributed by atoms with Crippen LogP contribution in [0.2, 0.25) is 0 Å². The van der Waals surface area contributed by atoms with Crippen LogP contribution in [0, 0.1) is 0 Å². The van der Waals surface area contributed by atoms with E-state index in [0.717, 1.165) is 59.8 Å². The first-order valence-electron chi connectivity index (χ1n) is 19.4. The van der Waals surface area contributed by atoms with Gasteiger partial charge in [-0.2, -0.15) is 0 Å². The lowest BCUT2D eigenvalue weighted by Gasteiger charge is -2.10. The normalized spacial score (nSPS) is 11.8. The minimum atomic E-state index is 0.563. The Hall–Kier alpha value is -7.47. The predicted molar refractivity (Wildman–Crippen MR) is 242 cm³/mol. The Bertz CT molecular complexity index is 3570. The van der Waals surface area contributed by atoms with Crippen LogP contribution in [0.1, 0.15) is 0 Å². The zero-order chi connectivity index (χ0) is 38.2. The van der Waals surface area contributed by atoms with Gasteiger partial charge in [0.1, 0.15) is 11.2 Å². The van der Waals surface area contributed by atoms with Crippen LogP contribution in [0.4, 0.5) is 0 Å². The molecule has 0 bridgehead atoms. The van der Waals surface area contributed by atoms with Crippen molar-refractivity contribution in [1.82, 2.24) is 15.0 Å². The molecule has 0 saturated heterocycles. The zero-order valence-electron chi connectivity index (χ0n) is 31.1. The van der Waals surface area contributed by atoms with E-state index in [1.165, 1.54) is 42.8 Å². The van der Waals surface area contributed by atoms with E-state index in [-0.39, 0.29) is 0 Å². The van der Waals surface area contributed by atoms with E-state index >= 15 is 0 Å². The number of para-hydroxylation sites is 2. The highest BCUT2D eigenvalue weighted by Gasteiger charge is 2.22. The lowest BCUT2D eigenvalue weighted by atomic mass is 9.95. The fraction of sp³-hybridized carbons (Fsp3) is 0. The molecule has 0 N–H and O–H groups in total. The van der Waals surface area contributed by atoms with Gasteiger partial charge in [-0.15, -0.1) is 11.3 Å². The second kappa shape index (κ2) is 13.1. The van der Waals surface area contributed by atoms with E-state index in [0.29, 0.717) is 17.5 Å². The monoisotopic (exact) mass is 757 g/mol. The Labute approximate surface area is 337 Å². The molecule has 12 aromatic rings. The van der Waals surface area contributed by atoms with Gasteiger partial charge >= 0.3 is 0 Å². The summed E-state index contributed by atoms with van der Waals surface area (Å²) in [5.74, 6) is 1.79. The highest BCUT2D eigenvalue weighted by molar-refractivity contribution is 7.27.